The molecule has 0 bridgehead atoms. The van der Waals surface area contributed by atoms with Gasteiger partial charge in [-0.3, -0.25) is 0 Å². The summed E-state index contributed by atoms with van der Waals surface area (Å²) in [5.41, 5.74) is 1.52. The second-order valence-corrected chi connectivity index (χ2v) is 7.54. The average Bonchev–Trinajstić information content (AvgIpc) is 3.14. The maximum Gasteiger partial charge on any atom is 0.363 e. The van der Waals surface area contributed by atoms with Crippen molar-refractivity contribution in [3.63, 3.8) is 0 Å². The Labute approximate surface area is 193 Å². The van der Waals surface area contributed by atoms with Gasteiger partial charge in [0.15, 0.2) is 17.2 Å². The highest BCUT2D eigenvalue weighted by Crippen LogP contribution is 2.38. The van der Waals surface area contributed by atoms with Crippen LogP contribution in [0.3, 0.4) is 0 Å². The Morgan fingerprint density at radius 3 is 2.56 bits per heavy atom. The minimum Gasteiger partial charge on any atom is -0.493 e. The zero-order valence-corrected chi connectivity index (χ0v) is 18.3. The summed E-state index contributed by atoms with van der Waals surface area (Å²) in [5.74, 6) is -0.295. The Morgan fingerprint density at radius 2 is 1.81 bits per heavy atom. The molecule has 4 rings (SSSR count). The van der Waals surface area contributed by atoms with E-state index in [1.807, 2.05) is 0 Å². The van der Waals surface area contributed by atoms with E-state index in [1.54, 1.807) is 54.6 Å². The lowest BCUT2D eigenvalue weighted by Gasteiger charge is -2.13. The van der Waals surface area contributed by atoms with Gasteiger partial charge >= 0.3 is 5.97 Å². The van der Waals surface area contributed by atoms with E-state index in [-0.39, 0.29) is 34.8 Å². The van der Waals surface area contributed by atoms with Crippen LogP contribution in [0.4, 0.5) is 4.39 Å². The summed E-state index contributed by atoms with van der Waals surface area (Å²) in [5, 5.41) is 0.649. The molecule has 0 atom stereocenters. The number of carbonyl (C=O) groups excluding carboxylic acids is 1. The number of methoxy groups -OCH3 is 1. The van der Waals surface area contributed by atoms with Crippen LogP contribution in [0, 0.1) is 5.82 Å². The maximum atomic E-state index is 13.9. The standard InChI is InChI=1S/C24H16Cl2FNO4/c1-30-21-12-14(10-18(26)22(21)31-13-15-6-2-5-9-19(15)27)11-20-24(29)32-23(28-20)16-7-3-4-8-17(16)25/h2-12H,13H2,1H3/b20-11-. The van der Waals surface area contributed by atoms with Gasteiger partial charge < -0.3 is 14.2 Å². The lowest BCUT2D eigenvalue weighted by Crippen LogP contribution is -2.05. The third-order valence-electron chi connectivity index (χ3n) is 4.61. The first-order chi connectivity index (χ1) is 15.5. The minimum absolute atomic E-state index is 0.0268. The quantitative estimate of drug-likeness (QED) is 0.323. The molecular weight excluding hydrogens is 456 g/mol. The Bertz CT molecular complexity index is 1260. The second kappa shape index (κ2) is 9.42. The molecule has 0 amide bonds. The van der Waals surface area contributed by atoms with E-state index in [2.05, 4.69) is 4.99 Å². The summed E-state index contributed by atoms with van der Waals surface area (Å²) < 4.78 is 30.2. The fraction of sp³-hybridized carbons (Fsp3) is 0.0833. The summed E-state index contributed by atoms with van der Waals surface area (Å²) >= 11 is 12.5. The van der Waals surface area contributed by atoms with Gasteiger partial charge in [-0.25, -0.2) is 14.2 Å². The molecule has 0 radical (unpaired) electrons. The molecule has 162 valence electrons. The molecule has 3 aromatic rings. The number of carbonyl (C=O) groups is 1. The van der Waals surface area contributed by atoms with E-state index in [0.717, 1.165) is 0 Å². The van der Waals surface area contributed by atoms with Gasteiger partial charge in [0.2, 0.25) is 5.90 Å². The summed E-state index contributed by atoms with van der Waals surface area (Å²) in [6.45, 7) is -0.0268. The van der Waals surface area contributed by atoms with Crippen molar-refractivity contribution in [3.8, 4) is 11.5 Å². The van der Waals surface area contributed by atoms with Crippen molar-refractivity contribution in [2.24, 2.45) is 4.99 Å². The lowest BCUT2D eigenvalue weighted by atomic mass is 10.1. The van der Waals surface area contributed by atoms with Crippen LogP contribution in [-0.4, -0.2) is 19.0 Å². The van der Waals surface area contributed by atoms with Crippen LogP contribution in [0.2, 0.25) is 10.0 Å². The Hall–Kier alpha value is -3.35. The SMILES string of the molecule is COc1cc(/C=C2\N=C(c3ccccc3Cl)OC2=O)cc(Cl)c1OCc1ccccc1F. The predicted molar refractivity (Wildman–Crippen MR) is 121 cm³/mol. The molecule has 3 aromatic carbocycles. The van der Waals surface area contributed by atoms with E-state index < -0.39 is 5.97 Å². The molecule has 0 saturated heterocycles. The number of hydrogen-bond acceptors (Lipinski definition) is 5. The van der Waals surface area contributed by atoms with Crippen LogP contribution < -0.4 is 9.47 Å². The molecule has 0 fully saturated rings. The highest BCUT2D eigenvalue weighted by atomic mass is 35.5. The van der Waals surface area contributed by atoms with Crippen molar-refractivity contribution in [3.05, 3.63) is 98.9 Å². The molecule has 0 spiro atoms. The van der Waals surface area contributed by atoms with Gasteiger partial charge in [-0.05, 0) is 42.0 Å². The van der Waals surface area contributed by atoms with Crippen LogP contribution in [0.15, 0.2) is 71.4 Å². The van der Waals surface area contributed by atoms with Gasteiger partial charge in [0.1, 0.15) is 12.4 Å². The highest BCUT2D eigenvalue weighted by molar-refractivity contribution is 6.34. The number of rotatable bonds is 6. The van der Waals surface area contributed by atoms with Gasteiger partial charge in [0.05, 0.1) is 22.7 Å². The molecule has 5 nitrogen and oxygen atoms in total. The fourth-order valence-corrected chi connectivity index (χ4v) is 3.54. The van der Waals surface area contributed by atoms with E-state index in [4.69, 9.17) is 37.4 Å². The largest absolute Gasteiger partial charge is 0.493 e. The Kier molecular flexibility index (Phi) is 6.44. The number of cyclic esters (lactones) is 1. The van der Waals surface area contributed by atoms with Crippen molar-refractivity contribution in [2.75, 3.05) is 7.11 Å². The number of esters is 1. The molecule has 1 heterocycles. The maximum absolute atomic E-state index is 13.9. The Morgan fingerprint density at radius 1 is 1.06 bits per heavy atom. The van der Waals surface area contributed by atoms with Crippen molar-refractivity contribution in [2.45, 2.75) is 6.61 Å². The first-order valence-corrected chi connectivity index (χ1v) is 10.2. The van der Waals surface area contributed by atoms with Gasteiger partial charge in [0, 0.05) is 5.56 Å². The summed E-state index contributed by atoms with van der Waals surface area (Å²) in [6.07, 6.45) is 1.52. The molecule has 0 saturated carbocycles. The highest BCUT2D eigenvalue weighted by Gasteiger charge is 2.25. The van der Waals surface area contributed by atoms with E-state index in [1.165, 1.54) is 19.3 Å². The molecule has 8 heteroatoms. The summed E-state index contributed by atoms with van der Waals surface area (Å²) in [7, 11) is 1.45. The number of aliphatic imine (C=N–C) groups is 1. The number of nitrogens with zero attached hydrogens (tertiary/aromatic N) is 1. The van der Waals surface area contributed by atoms with Crippen LogP contribution in [0.25, 0.3) is 6.08 Å². The predicted octanol–water partition coefficient (Wildman–Crippen LogP) is 6.06. The summed E-state index contributed by atoms with van der Waals surface area (Å²) in [6, 6.07) is 16.4. The molecule has 0 unspecified atom stereocenters. The minimum atomic E-state index is -0.616. The number of halogens is 3. The molecule has 1 aliphatic heterocycles. The summed E-state index contributed by atoms with van der Waals surface area (Å²) in [4.78, 5) is 16.6. The molecule has 0 N–H and O–H groups in total. The topological polar surface area (TPSA) is 57.1 Å². The van der Waals surface area contributed by atoms with Crippen molar-refractivity contribution < 1.29 is 23.4 Å². The van der Waals surface area contributed by atoms with Crippen LogP contribution in [0.1, 0.15) is 16.7 Å². The van der Waals surface area contributed by atoms with E-state index >= 15 is 0 Å². The first kappa shape index (κ1) is 21.9. The molecular formula is C24H16Cl2FNO4. The molecule has 0 aromatic heterocycles. The van der Waals surface area contributed by atoms with Crippen LogP contribution in [-0.2, 0) is 16.1 Å². The average molecular weight is 472 g/mol. The monoisotopic (exact) mass is 471 g/mol. The third kappa shape index (κ3) is 4.61. The van der Waals surface area contributed by atoms with Gasteiger partial charge in [-0.15, -0.1) is 0 Å². The first-order valence-electron chi connectivity index (χ1n) is 9.47. The van der Waals surface area contributed by atoms with Crippen LogP contribution in [0.5, 0.6) is 11.5 Å². The Balaban J connectivity index is 1.61. The molecule has 0 aliphatic carbocycles. The van der Waals surface area contributed by atoms with Crippen molar-refractivity contribution in [1.82, 2.24) is 0 Å². The number of hydrogen-bond donors (Lipinski definition) is 0. The van der Waals surface area contributed by atoms with Crippen LogP contribution >= 0.6 is 23.2 Å². The zero-order chi connectivity index (χ0) is 22.7. The van der Waals surface area contributed by atoms with Gasteiger partial charge in [0.25, 0.3) is 0 Å². The fourth-order valence-electron chi connectivity index (χ4n) is 3.05. The molecule has 1 aliphatic rings. The van der Waals surface area contributed by atoms with Gasteiger partial charge in [-0.2, -0.15) is 0 Å². The van der Waals surface area contributed by atoms with E-state index in [9.17, 15) is 9.18 Å². The normalized spacial score (nSPS) is 14.3. The third-order valence-corrected chi connectivity index (χ3v) is 5.22. The number of benzene rings is 3. The van der Waals surface area contributed by atoms with Gasteiger partial charge in [-0.1, -0.05) is 53.5 Å². The van der Waals surface area contributed by atoms with E-state index in [0.29, 0.717) is 27.5 Å². The van der Waals surface area contributed by atoms with Crippen molar-refractivity contribution in [1.29, 1.82) is 0 Å². The smallest absolute Gasteiger partial charge is 0.363 e. The second-order valence-electron chi connectivity index (χ2n) is 6.73. The molecule has 32 heavy (non-hydrogen) atoms. The lowest BCUT2D eigenvalue weighted by molar-refractivity contribution is -0.129. The number of ether oxygens (including phenoxy) is 3. The van der Waals surface area contributed by atoms with Crippen molar-refractivity contribution >= 4 is 41.1 Å². The zero-order valence-electron chi connectivity index (χ0n) is 16.8.